The molecule has 1 N–H and O–H groups in total. The molecule has 29 heavy (non-hydrogen) atoms. The monoisotopic (exact) mass is 380 g/mol. The minimum absolute atomic E-state index is 0.0164. The summed E-state index contributed by atoms with van der Waals surface area (Å²) in [6, 6.07) is 26.1. The Kier molecular flexibility index (Phi) is 4.17. The van der Waals surface area contributed by atoms with Crippen LogP contribution < -0.4 is 10.3 Å². The molecule has 0 bridgehead atoms. The third-order valence-corrected chi connectivity index (χ3v) is 5.33. The molecule has 0 fully saturated rings. The average Bonchev–Trinajstić information content (AvgIpc) is 3.17. The van der Waals surface area contributed by atoms with Crippen molar-refractivity contribution in [3.8, 4) is 16.9 Å². The quantitative estimate of drug-likeness (QED) is 0.465. The normalized spacial score (nSPS) is 11.2. The average molecular weight is 380 g/mol. The zero-order valence-electron chi connectivity index (χ0n) is 16.1. The number of hydrogen-bond donors (Lipinski definition) is 1. The molecular formula is C25H20N2O2. The molecule has 5 aromatic rings. The Bertz CT molecular complexity index is 1360. The van der Waals surface area contributed by atoms with Crippen molar-refractivity contribution in [2.45, 2.75) is 6.54 Å². The zero-order chi connectivity index (χ0) is 19.8. The maximum atomic E-state index is 13.3. The number of H-pyrrole nitrogens is 1. The molecular weight excluding hydrogens is 360 g/mol. The number of hydrogen-bond acceptors (Lipinski definition) is 2. The summed E-state index contributed by atoms with van der Waals surface area (Å²) < 4.78 is 7.09. The Balaban J connectivity index is 1.80. The van der Waals surface area contributed by atoms with Gasteiger partial charge < -0.3 is 14.3 Å². The summed E-state index contributed by atoms with van der Waals surface area (Å²) in [5.74, 6) is 0.807. The van der Waals surface area contributed by atoms with Crippen molar-refractivity contribution < 1.29 is 4.74 Å². The summed E-state index contributed by atoms with van der Waals surface area (Å²) in [4.78, 5) is 16.6. The van der Waals surface area contributed by atoms with Gasteiger partial charge in [0.1, 0.15) is 11.3 Å². The smallest absolute Gasteiger partial charge is 0.275 e. The highest BCUT2D eigenvalue weighted by Crippen LogP contribution is 2.33. The molecule has 4 nitrogen and oxygen atoms in total. The van der Waals surface area contributed by atoms with Gasteiger partial charge in [-0.1, -0.05) is 60.7 Å². The molecule has 0 aliphatic carbocycles. The molecule has 0 aliphatic heterocycles. The minimum Gasteiger partial charge on any atom is -0.497 e. The van der Waals surface area contributed by atoms with Gasteiger partial charge in [-0.25, -0.2) is 0 Å². The summed E-state index contributed by atoms with van der Waals surface area (Å²) in [6.07, 6.45) is 1.97. The predicted octanol–water partition coefficient (Wildman–Crippen LogP) is 5.21. The molecule has 5 rings (SSSR count). The van der Waals surface area contributed by atoms with Crippen LogP contribution in [0.25, 0.3) is 32.9 Å². The number of aromatic nitrogens is 2. The van der Waals surface area contributed by atoms with Gasteiger partial charge >= 0.3 is 0 Å². The van der Waals surface area contributed by atoms with Crippen molar-refractivity contribution in [3.63, 3.8) is 0 Å². The second kappa shape index (κ2) is 6.99. The molecule has 4 heteroatoms. The molecule has 2 heterocycles. The number of methoxy groups -OCH3 is 1. The highest BCUT2D eigenvalue weighted by atomic mass is 16.5. The van der Waals surface area contributed by atoms with Gasteiger partial charge in [0, 0.05) is 28.0 Å². The summed E-state index contributed by atoms with van der Waals surface area (Å²) in [6.45, 7) is 0.522. The van der Waals surface area contributed by atoms with Gasteiger partial charge in [0.15, 0.2) is 0 Å². The summed E-state index contributed by atoms with van der Waals surface area (Å²) in [5.41, 5.74) is 4.74. The summed E-state index contributed by atoms with van der Waals surface area (Å²) >= 11 is 0. The van der Waals surface area contributed by atoms with E-state index in [2.05, 4.69) is 11.1 Å². The zero-order valence-corrected chi connectivity index (χ0v) is 16.1. The molecule has 0 aliphatic rings. The number of rotatable bonds is 4. The topological polar surface area (TPSA) is 47.0 Å². The van der Waals surface area contributed by atoms with E-state index in [1.807, 2.05) is 79.0 Å². The van der Waals surface area contributed by atoms with E-state index in [-0.39, 0.29) is 5.56 Å². The third-order valence-electron chi connectivity index (χ3n) is 5.33. The van der Waals surface area contributed by atoms with Crippen LogP contribution in [-0.4, -0.2) is 16.7 Å². The van der Waals surface area contributed by atoms with Crippen molar-refractivity contribution in [2.75, 3.05) is 7.11 Å². The van der Waals surface area contributed by atoms with Crippen LogP contribution in [0.15, 0.2) is 89.9 Å². The molecule has 0 amide bonds. The molecule has 0 atom stereocenters. The van der Waals surface area contributed by atoms with Crippen LogP contribution in [0, 0.1) is 0 Å². The molecule has 2 aromatic heterocycles. The first-order chi connectivity index (χ1) is 14.2. The van der Waals surface area contributed by atoms with Crippen molar-refractivity contribution in [3.05, 3.63) is 101 Å². The minimum atomic E-state index is -0.0164. The standard InChI is InChI=1S/C25H20N2O2/c1-29-19-13-11-18(12-14-19)21-16-27(15-17-7-3-2-4-8-17)25(28)24-23(21)20-9-5-6-10-22(20)26-24/h2-14,16,26H,15H2,1H3. The fraction of sp³-hybridized carbons (Fsp3) is 0.0800. The van der Waals surface area contributed by atoms with Gasteiger partial charge in [-0.15, -0.1) is 0 Å². The lowest BCUT2D eigenvalue weighted by Crippen LogP contribution is -2.21. The lowest BCUT2D eigenvalue weighted by molar-refractivity contribution is 0.415. The van der Waals surface area contributed by atoms with Gasteiger partial charge in [-0.05, 0) is 29.3 Å². The predicted molar refractivity (Wildman–Crippen MR) is 118 cm³/mol. The number of fused-ring (bicyclic) bond motifs is 3. The second-order valence-corrected chi connectivity index (χ2v) is 7.11. The van der Waals surface area contributed by atoms with Gasteiger partial charge in [0.25, 0.3) is 5.56 Å². The Hall–Kier alpha value is -3.79. The van der Waals surface area contributed by atoms with Gasteiger partial charge in [-0.2, -0.15) is 0 Å². The Morgan fingerprint density at radius 1 is 0.897 bits per heavy atom. The first kappa shape index (κ1) is 17.3. The summed E-state index contributed by atoms with van der Waals surface area (Å²) in [5, 5.41) is 2.01. The lowest BCUT2D eigenvalue weighted by Gasteiger charge is -2.12. The van der Waals surface area contributed by atoms with Crippen LogP contribution in [0.3, 0.4) is 0 Å². The van der Waals surface area contributed by atoms with Crippen LogP contribution >= 0.6 is 0 Å². The molecule has 0 saturated carbocycles. The van der Waals surface area contributed by atoms with Gasteiger partial charge in [0.05, 0.1) is 13.7 Å². The Morgan fingerprint density at radius 3 is 2.38 bits per heavy atom. The first-order valence-corrected chi connectivity index (χ1v) is 9.57. The summed E-state index contributed by atoms with van der Waals surface area (Å²) in [7, 11) is 1.66. The van der Waals surface area contributed by atoms with Crippen molar-refractivity contribution in [1.82, 2.24) is 9.55 Å². The lowest BCUT2D eigenvalue weighted by atomic mass is 10.0. The van der Waals surface area contributed by atoms with E-state index in [0.29, 0.717) is 12.1 Å². The molecule has 0 radical (unpaired) electrons. The van der Waals surface area contributed by atoms with Crippen molar-refractivity contribution in [1.29, 1.82) is 0 Å². The van der Waals surface area contributed by atoms with Crippen LogP contribution in [0.1, 0.15) is 5.56 Å². The highest BCUT2D eigenvalue weighted by Gasteiger charge is 2.16. The van der Waals surface area contributed by atoms with Crippen molar-refractivity contribution >= 4 is 21.8 Å². The van der Waals surface area contributed by atoms with E-state index in [0.717, 1.165) is 38.7 Å². The maximum absolute atomic E-state index is 13.3. The fourth-order valence-electron chi connectivity index (χ4n) is 3.89. The van der Waals surface area contributed by atoms with E-state index in [1.165, 1.54) is 0 Å². The van der Waals surface area contributed by atoms with Crippen LogP contribution in [-0.2, 0) is 6.54 Å². The van der Waals surface area contributed by atoms with Gasteiger partial charge in [-0.3, -0.25) is 4.79 Å². The van der Waals surface area contributed by atoms with Crippen LogP contribution in [0.4, 0.5) is 0 Å². The Labute approximate surface area is 168 Å². The Morgan fingerprint density at radius 2 is 1.62 bits per heavy atom. The molecule has 3 aromatic carbocycles. The first-order valence-electron chi connectivity index (χ1n) is 9.57. The number of ether oxygens (including phenoxy) is 1. The van der Waals surface area contributed by atoms with E-state index in [1.54, 1.807) is 11.7 Å². The molecule has 142 valence electrons. The number of benzene rings is 3. The number of pyridine rings is 1. The third kappa shape index (κ3) is 2.99. The molecule has 0 unspecified atom stereocenters. The fourth-order valence-corrected chi connectivity index (χ4v) is 3.89. The van der Waals surface area contributed by atoms with E-state index in [4.69, 9.17) is 4.74 Å². The van der Waals surface area contributed by atoms with Crippen molar-refractivity contribution in [2.24, 2.45) is 0 Å². The van der Waals surface area contributed by atoms with E-state index < -0.39 is 0 Å². The largest absolute Gasteiger partial charge is 0.497 e. The number of para-hydroxylation sites is 1. The number of nitrogens with zero attached hydrogens (tertiary/aromatic N) is 1. The van der Waals surface area contributed by atoms with Gasteiger partial charge in [0.2, 0.25) is 0 Å². The number of aromatic amines is 1. The molecule has 0 saturated heterocycles. The van der Waals surface area contributed by atoms with Crippen LogP contribution in [0.5, 0.6) is 5.75 Å². The van der Waals surface area contributed by atoms with Crippen LogP contribution in [0.2, 0.25) is 0 Å². The second-order valence-electron chi connectivity index (χ2n) is 7.11. The number of nitrogens with one attached hydrogen (secondary N) is 1. The van der Waals surface area contributed by atoms with E-state index in [9.17, 15) is 4.79 Å². The SMILES string of the molecule is COc1ccc(-c2cn(Cc3ccccc3)c(=O)c3[nH]c4ccccc4c23)cc1. The van der Waals surface area contributed by atoms with E-state index >= 15 is 0 Å². The highest BCUT2D eigenvalue weighted by molar-refractivity contribution is 6.13. The molecule has 0 spiro atoms. The maximum Gasteiger partial charge on any atom is 0.275 e.